The van der Waals surface area contributed by atoms with E-state index in [4.69, 9.17) is 4.42 Å². The molecule has 30 heavy (non-hydrogen) atoms. The van der Waals surface area contributed by atoms with Crippen molar-refractivity contribution < 1.29 is 14.3 Å². The second kappa shape index (κ2) is 10.0. The molecule has 7 heteroatoms. The molecule has 7 nitrogen and oxygen atoms in total. The highest BCUT2D eigenvalue weighted by atomic mass is 16.3. The van der Waals surface area contributed by atoms with E-state index in [1.165, 1.54) is 11.8 Å². The average molecular weight is 411 g/mol. The van der Waals surface area contributed by atoms with Crippen molar-refractivity contribution in [2.24, 2.45) is 0 Å². The molecule has 1 atom stereocenters. The lowest BCUT2D eigenvalue weighted by Crippen LogP contribution is -2.45. The summed E-state index contributed by atoms with van der Waals surface area (Å²) >= 11 is 0. The van der Waals surface area contributed by atoms with Gasteiger partial charge in [-0.15, -0.1) is 0 Å². The zero-order valence-corrected chi connectivity index (χ0v) is 17.3. The van der Waals surface area contributed by atoms with E-state index < -0.39 is 6.10 Å². The van der Waals surface area contributed by atoms with E-state index in [9.17, 15) is 9.90 Å². The van der Waals surface area contributed by atoms with Crippen LogP contribution in [0.15, 0.2) is 47.1 Å². The molecular formula is C23H30N4O3. The Balaban J connectivity index is 1.22. The molecule has 1 aromatic carbocycles. The normalized spacial score (nSPS) is 21.4. The summed E-state index contributed by atoms with van der Waals surface area (Å²) in [5.74, 6) is 0.423. The zero-order valence-electron chi connectivity index (χ0n) is 17.3. The molecule has 0 radical (unpaired) electrons. The van der Waals surface area contributed by atoms with Crippen LogP contribution in [0, 0.1) is 0 Å². The fourth-order valence-electron chi connectivity index (χ4n) is 4.01. The number of amides is 1. The van der Waals surface area contributed by atoms with Crippen LogP contribution in [-0.2, 0) is 6.54 Å². The predicted molar refractivity (Wildman–Crippen MR) is 115 cm³/mol. The van der Waals surface area contributed by atoms with Gasteiger partial charge in [0, 0.05) is 45.8 Å². The summed E-state index contributed by atoms with van der Waals surface area (Å²) in [6.07, 6.45) is 6.97. The molecule has 4 rings (SSSR count). The molecule has 2 fully saturated rings. The van der Waals surface area contributed by atoms with Crippen molar-refractivity contribution in [1.29, 1.82) is 0 Å². The van der Waals surface area contributed by atoms with Gasteiger partial charge in [0.05, 0.1) is 12.6 Å². The Labute approximate surface area is 177 Å². The van der Waals surface area contributed by atoms with Crippen molar-refractivity contribution in [2.75, 3.05) is 45.8 Å². The third kappa shape index (κ3) is 5.56. The van der Waals surface area contributed by atoms with Crippen LogP contribution in [0.5, 0.6) is 0 Å². The number of oxazole rings is 1. The second-order valence-electron chi connectivity index (χ2n) is 8.06. The largest absolute Gasteiger partial charge is 0.447 e. The van der Waals surface area contributed by atoms with Crippen LogP contribution in [0.25, 0.3) is 6.08 Å². The van der Waals surface area contributed by atoms with Crippen molar-refractivity contribution in [2.45, 2.75) is 25.5 Å². The van der Waals surface area contributed by atoms with Gasteiger partial charge in [-0.1, -0.05) is 42.5 Å². The summed E-state index contributed by atoms with van der Waals surface area (Å²) in [5.41, 5.74) is 1.56. The van der Waals surface area contributed by atoms with Crippen molar-refractivity contribution in [3.8, 4) is 0 Å². The van der Waals surface area contributed by atoms with E-state index in [2.05, 4.69) is 51.2 Å². The molecule has 1 aromatic heterocycles. The number of aliphatic hydroxyl groups is 1. The van der Waals surface area contributed by atoms with Crippen LogP contribution in [-0.4, -0.2) is 82.6 Å². The number of aromatic nitrogens is 1. The molecule has 1 amide bonds. The lowest BCUT2D eigenvalue weighted by molar-refractivity contribution is 0.0469. The van der Waals surface area contributed by atoms with Gasteiger partial charge in [-0.3, -0.25) is 14.6 Å². The number of aliphatic hydroxyl groups excluding tert-OH is 1. The maximum atomic E-state index is 12.6. The smallest absolute Gasteiger partial charge is 0.275 e. The SMILES string of the molecule is O=C(c1coc(CN2CCN(C/C=C/c3ccccc3)CC2)n1)N1CCCC(O)C1. The molecule has 2 aliphatic rings. The van der Waals surface area contributed by atoms with Crippen LogP contribution >= 0.6 is 0 Å². The maximum Gasteiger partial charge on any atom is 0.275 e. The van der Waals surface area contributed by atoms with Gasteiger partial charge in [0.1, 0.15) is 6.26 Å². The molecule has 0 spiro atoms. The number of benzene rings is 1. The number of carbonyl (C=O) groups is 1. The number of rotatable bonds is 6. The van der Waals surface area contributed by atoms with Crippen molar-refractivity contribution in [1.82, 2.24) is 19.7 Å². The first-order valence-corrected chi connectivity index (χ1v) is 10.8. The fourth-order valence-corrected chi connectivity index (χ4v) is 4.01. The Morgan fingerprint density at radius 1 is 1.13 bits per heavy atom. The van der Waals surface area contributed by atoms with Crippen molar-refractivity contribution in [3.05, 3.63) is 59.8 Å². The van der Waals surface area contributed by atoms with Crippen molar-refractivity contribution >= 4 is 12.0 Å². The first-order chi connectivity index (χ1) is 14.7. The summed E-state index contributed by atoms with van der Waals surface area (Å²) in [6, 6.07) is 10.3. The number of β-amino-alcohol motifs (C(OH)–C–C–N with tert-alkyl or cyclic N) is 1. The quantitative estimate of drug-likeness (QED) is 0.786. The van der Waals surface area contributed by atoms with Crippen LogP contribution in [0.4, 0.5) is 0 Å². The highest BCUT2D eigenvalue weighted by Gasteiger charge is 2.26. The number of piperazine rings is 1. The molecule has 2 aromatic rings. The molecule has 0 saturated carbocycles. The first kappa shape index (κ1) is 20.8. The molecule has 1 N–H and O–H groups in total. The molecule has 3 heterocycles. The number of likely N-dealkylation sites (tertiary alicyclic amines) is 1. The molecule has 2 saturated heterocycles. The van der Waals surface area contributed by atoms with E-state index in [-0.39, 0.29) is 5.91 Å². The van der Waals surface area contributed by atoms with Crippen LogP contribution in [0.2, 0.25) is 0 Å². The van der Waals surface area contributed by atoms with Gasteiger partial charge in [0.15, 0.2) is 5.69 Å². The first-order valence-electron chi connectivity index (χ1n) is 10.8. The Bertz CT molecular complexity index is 843. The van der Waals surface area contributed by atoms with E-state index in [1.807, 2.05) is 6.07 Å². The Morgan fingerprint density at radius 2 is 1.90 bits per heavy atom. The Hall–Kier alpha value is -2.48. The number of hydrogen-bond acceptors (Lipinski definition) is 6. The lowest BCUT2D eigenvalue weighted by Gasteiger charge is -2.33. The number of carbonyl (C=O) groups excluding carboxylic acids is 1. The van der Waals surface area contributed by atoms with Gasteiger partial charge in [-0.2, -0.15) is 0 Å². The topological polar surface area (TPSA) is 73.1 Å². The van der Waals surface area contributed by atoms with Gasteiger partial charge >= 0.3 is 0 Å². The minimum absolute atomic E-state index is 0.154. The lowest BCUT2D eigenvalue weighted by atomic mass is 10.1. The van der Waals surface area contributed by atoms with Crippen LogP contribution in [0.1, 0.15) is 34.8 Å². The summed E-state index contributed by atoms with van der Waals surface area (Å²) in [7, 11) is 0. The van der Waals surface area contributed by atoms with Gasteiger partial charge < -0.3 is 14.4 Å². The van der Waals surface area contributed by atoms with Gasteiger partial charge in [-0.25, -0.2) is 4.98 Å². The van der Waals surface area contributed by atoms with E-state index in [1.54, 1.807) is 4.90 Å². The highest BCUT2D eigenvalue weighted by Crippen LogP contribution is 2.15. The minimum atomic E-state index is -0.437. The monoisotopic (exact) mass is 410 g/mol. The molecule has 160 valence electrons. The second-order valence-corrected chi connectivity index (χ2v) is 8.06. The number of piperidine rings is 1. The Kier molecular flexibility index (Phi) is 6.94. The molecule has 0 bridgehead atoms. The zero-order chi connectivity index (χ0) is 20.8. The maximum absolute atomic E-state index is 12.6. The summed E-state index contributed by atoms with van der Waals surface area (Å²) < 4.78 is 5.56. The Morgan fingerprint density at radius 3 is 2.67 bits per heavy atom. The highest BCUT2D eigenvalue weighted by molar-refractivity contribution is 5.92. The summed E-state index contributed by atoms with van der Waals surface area (Å²) in [6.45, 7) is 6.49. The van der Waals surface area contributed by atoms with Gasteiger partial charge in [0.25, 0.3) is 5.91 Å². The molecule has 1 unspecified atom stereocenters. The number of nitrogens with zero attached hydrogens (tertiary/aromatic N) is 4. The van der Waals surface area contributed by atoms with E-state index >= 15 is 0 Å². The summed E-state index contributed by atoms with van der Waals surface area (Å²) in [5, 5.41) is 9.78. The minimum Gasteiger partial charge on any atom is -0.447 e. The molecule has 2 aliphatic heterocycles. The van der Waals surface area contributed by atoms with Gasteiger partial charge in [-0.05, 0) is 18.4 Å². The van der Waals surface area contributed by atoms with E-state index in [0.29, 0.717) is 31.2 Å². The fraction of sp³-hybridized carbons (Fsp3) is 0.478. The standard InChI is InChI=1S/C23H30N4O3/c28-20-9-5-11-27(16-20)23(29)21-18-30-22(24-21)17-26-14-12-25(13-15-26)10-4-8-19-6-2-1-3-7-19/h1-4,6-8,18,20,28H,5,9-17H2/b8-4+. The van der Waals surface area contributed by atoms with Crippen LogP contribution in [0.3, 0.4) is 0 Å². The third-order valence-corrected chi connectivity index (χ3v) is 5.75. The molecule has 0 aliphatic carbocycles. The number of hydrogen-bond donors (Lipinski definition) is 1. The van der Waals surface area contributed by atoms with Crippen LogP contribution < -0.4 is 0 Å². The predicted octanol–water partition coefficient (Wildman–Crippen LogP) is 2.10. The van der Waals surface area contributed by atoms with Crippen molar-refractivity contribution in [3.63, 3.8) is 0 Å². The third-order valence-electron chi connectivity index (χ3n) is 5.75. The summed E-state index contributed by atoms with van der Waals surface area (Å²) in [4.78, 5) is 23.4. The molecular weight excluding hydrogens is 380 g/mol. The van der Waals surface area contributed by atoms with Gasteiger partial charge in [0.2, 0.25) is 5.89 Å². The van der Waals surface area contributed by atoms with E-state index in [0.717, 1.165) is 45.6 Å². The average Bonchev–Trinajstić information content (AvgIpc) is 3.24.